The van der Waals surface area contributed by atoms with Crippen molar-refractivity contribution in [1.29, 1.82) is 0 Å². The van der Waals surface area contributed by atoms with E-state index in [1.807, 2.05) is 44.3 Å². The lowest BCUT2D eigenvalue weighted by Gasteiger charge is -2.38. The van der Waals surface area contributed by atoms with Crippen LogP contribution in [0.25, 0.3) is 5.65 Å². The Labute approximate surface area is 187 Å². The monoisotopic (exact) mass is 436 g/mol. The van der Waals surface area contributed by atoms with Gasteiger partial charge in [0.1, 0.15) is 22.9 Å². The van der Waals surface area contributed by atoms with E-state index >= 15 is 4.39 Å². The molecule has 2 aliphatic heterocycles. The Morgan fingerprint density at radius 3 is 2.41 bits per heavy atom. The maximum absolute atomic E-state index is 15.9. The fourth-order valence-corrected chi connectivity index (χ4v) is 5.00. The number of piperidine rings is 1. The van der Waals surface area contributed by atoms with E-state index in [0.717, 1.165) is 43.3 Å². The average Bonchev–Trinajstić information content (AvgIpc) is 3.13. The molecule has 7 nitrogen and oxygen atoms in total. The SMILES string of the molecule is Cc1cccnc1C1CC(=O)CC(c2nc3cccc(N4CCN(C)CC4)n3c2F)N1C. The van der Waals surface area contributed by atoms with Crippen molar-refractivity contribution in [3.63, 3.8) is 0 Å². The molecule has 0 amide bonds. The summed E-state index contributed by atoms with van der Waals surface area (Å²) in [6.07, 6.45) is 2.38. The van der Waals surface area contributed by atoms with E-state index in [1.165, 1.54) is 0 Å². The third-order valence-electron chi connectivity index (χ3n) is 6.93. The standard InChI is InChI=1S/C24H29FN6O/c1-16-6-5-9-26-22(16)18-14-17(32)15-19(29(18)3)23-24(25)31-20(27-23)7-4-8-21(31)30-12-10-28(2)11-13-30/h4-9,18-19H,10-15H2,1-3H3. The third kappa shape index (κ3) is 3.57. The van der Waals surface area contributed by atoms with Crippen molar-refractivity contribution in [2.24, 2.45) is 0 Å². The van der Waals surface area contributed by atoms with E-state index in [9.17, 15) is 4.79 Å². The van der Waals surface area contributed by atoms with Crippen molar-refractivity contribution >= 4 is 17.2 Å². The van der Waals surface area contributed by atoms with E-state index in [1.54, 1.807) is 10.6 Å². The minimum absolute atomic E-state index is 0.110. The molecular weight excluding hydrogens is 407 g/mol. The number of halogens is 1. The van der Waals surface area contributed by atoms with Crippen LogP contribution in [0.2, 0.25) is 0 Å². The van der Waals surface area contributed by atoms with Crippen LogP contribution < -0.4 is 4.90 Å². The van der Waals surface area contributed by atoms with Crippen LogP contribution in [0.4, 0.5) is 10.2 Å². The highest BCUT2D eigenvalue weighted by atomic mass is 19.1. The fourth-order valence-electron chi connectivity index (χ4n) is 5.00. The van der Waals surface area contributed by atoms with Crippen LogP contribution >= 0.6 is 0 Å². The topological polar surface area (TPSA) is 57.0 Å². The molecule has 2 saturated heterocycles. The summed E-state index contributed by atoms with van der Waals surface area (Å²) in [5.74, 6) is 0.547. The minimum Gasteiger partial charge on any atom is -0.355 e. The van der Waals surface area contributed by atoms with Gasteiger partial charge in [-0.25, -0.2) is 4.98 Å². The molecule has 0 saturated carbocycles. The third-order valence-corrected chi connectivity index (χ3v) is 6.93. The molecule has 2 unspecified atom stereocenters. The zero-order chi connectivity index (χ0) is 22.4. The molecule has 0 spiro atoms. The van der Waals surface area contributed by atoms with Gasteiger partial charge in [0.2, 0.25) is 5.95 Å². The number of pyridine rings is 2. The number of anilines is 1. The smallest absolute Gasteiger partial charge is 0.224 e. The van der Waals surface area contributed by atoms with Crippen LogP contribution in [0.1, 0.15) is 41.9 Å². The maximum Gasteiger partial charge on any atom is 0.224 e. The van der Waals surface area contributed by atoms with Gasteiger partial charge >= 0.3 is 0 Å². The van der Waals surface area contributed by atoms with Gasteiger partial charge in [-0.1, -0.05) is 12.1 Å². The molecule has 32 heavy (non-hydrogen) atoms. The molecule has 2 atom stereocenters. The maximum atomic E-state index is 15.9. The highest BCUT2D eigenvalue weighted by Gasteiger charge is 2.38. The number of aromatic nitrogens is 3. The first-order chi connectivity index (χ1) is 15.4. The number of hydrogen-bond donors (Lipinski definition) is 0. The van der Waals surface area contributed by atoms with E-state index in [4.69, 9.17) is 0 Å². The normalized spacial score (nSPS) is 23.2. The zero-order valence-corrected chi connectivity index (χ0v) is 18.8. The molecule has 5 rings (SSSR count). The van der Waals surface area contributed by atoms with Crippen molar-refractivity contribution in [1.82, 2.24) is 24.2 Å². The number of piperazine rings is 1. The van der Waals surface area contributed by atoms with E-state index < -0.39 is 6.04 Å². The van der Waals surface area contributed by atoms with Crippen molar-refractivity contribution in [2.45, 2.75) is 31.8 Å². The van der Waals surface area contributed by atoms with Gasteiger partial charge in [-0.05, 0) is 44.8 Å². The summed E-state index contributed by atoms with van der Waals surface area (Å²) >= 11 is 0. The predicted octanol–water partition coefficient (Wildman–Crippen LogP) is 3.01. The first-order valence-electron chi connectivity index (χ1n) is 11.2. The van der Waals surface area contributed by atoms with Gasteiger partial charge in [0, 0.05) is 45.2 Å². The highest BCUT2D eigenvalue weighted by molar-refractivity contribution is 5.81. The van der Waals surface area contributed by atoms with Crippen molar-refractivity contribution in [3.8, 4) is 0 Å². The number of likely N-dealkylation sites (tertiary alicyclic amines) is 1. The second-order valence-electron chi connectivity index (χ2n) is 9.01. The molecule has 2 fully saturated rings. The second kappa shape index (κ2) is 8.26. The van der Waals surface area contributed by atoms with Crippen LogP contribution in [-0.2, 0) is 4.79 Å². The summed E-state index contributed by atoms with van der Waals surface area (Å²) < 4.78 is 17.5. The van der Waals surface area contributed by atoms with Crippen LogP contribution in [0.15, 0.2) is 36.5 Å². The molecule has 0 bridgehead atoms. The number of ketones is 1. The van der Waals surface area contributed by atoms with Gasteiger partial charge in [0.15, 0.2) is 0 Å². The van der Waals surface area contributed by atoms with Gasteiger partial charge in [-0.15, -0.1) is 0 Å². The Bertz CT molecular complexity index is 1150. The summed E-state index contributed by atoms with van der Waals surface area (Å²) in [4.78, 5) is 28.5. The lowest BCUT2D eigenvalue weighted by atomic mass is 9.90. The van der Waals surface area contributed by atoms with Gasteiger partial charge < -0.3 is 9.80 Å². The van der Waals surface area contributed by atoms with E-state index in [-0.39, 0.29) is 24.2 Å². The number of carbonyl (C=O) groups excluding carboxylic acids is 1. The average molecular weight is 437 g/mol. The summed E-state index contributed by atoms with van der Waals surface area (Å²) in [6.45, 7) is 5.55. The molecule has 3 aromatic rings. The number of nitrogens with zero attached hydrogens (tertiary/aromatic N) is 6. The Hall–Kier alpha value is -2.84. The van der Waals surface area contributed by atoms with Crippen LogP contribution in [0, 0.1) is 12.9 Å². The number of carbonyl (C=O) groups is 1. The molecular formula is C24H29FN6O. The number of likely N-dealkylation sites (N-methyl/N-ethyl adjacent to an activating group) is 1. The number of rotatable bonds is 3. The van der Waals surface area contributed by atoms with Gasteiger partial charge in [0.25, 0.3) is 0 Å². The molecule has 0 radical (unpaired) electrons. The Morgan fingerprint density at radius 1 is 0.969 bits per heavy atom. The predicted molar refractivity (Wildman–Crippen MR) is 121 cm³/mol. The summed E-state index contributed by atoms with van der Waals surface area (Å²) in [7, 11) is 4.05. The first-order valence-corrected chi connectivity index (χ1v) is 11.2. The van der Waals surface area contributed by atoms with Crippen LogP contribution in [0.5, 0.6) is 0 Å². The molecule has 2 aliphatic rings. The lowest BCUT2D eigenvalue weighted by Crippen LogP contribution is -2.45. The minimum atomic E-state index is -0.428. The van der Waals surface area contributed by atoms with Crippen LogP contribution in [0.3, 0.4) is 0 Å². The Balaban J connectivity index is 1.54. The van der Waals surface area contributed by atoms with E-state index in [2.05, 4.69) is 31.7 Å². The quantitative estimate of drug-likeness (QED) is 0.629. The molecule has 3 aromatic heterocycles. The lowest BCUT2D eigenvalue weighted by molar-refractivity contribution is -0.125. The largest absolute Gasteiger partial charge is 0.355 e. The number of hydrogen-bond acceptors (Lipinski definition) is 6. The number of Topliss-reactive ketones (excluding diaryl/α,β-unsaturated/α-hetero) is 1. The van der Waals surface area contributed by atoms with Crippen molar-refractivity contribution in [3.05, 3.63) is 59.4 Å². The molecule has 0 N–H and O–H groups in total. The van der Waals surface area contributed by atoms with Crippen molar-refractivity contribution < 1.29 is 9.18 Å². The van der Waals surface area contributed by atoms with E-state index in [0.29, 0.717) is 17.8 Å². The summed E-state index contributed by atoms with van der Waals surface area (Å²) in [5.41, 5.74) is 2.81. The fraction of sp³-hybridized carbons (Fsp3) is 0.458. The molecule has 5 heterocycles. The Morgan fingerprint density at radius 2 is 1.69 bits per heavy atom. The van der Waals surface area contributed by atoms with Gasteiger partial charge in [-0.2, -0.15) is 4.39 Å². The van der Waals surface area contributed by atoms with Gasteiger partial charge in [0.05, 0.1) is 17.8 Å². The second-order valence-corrected chi connectivity index (χ2v) is 9.01. The number of imidazole rings is 1. The molecule has 8 heteroatoms. The number of fused-ring (bicyclic) bond motifs is 1. The molecule has 0 aliphatic carbocycles. The zero-order valence-electron chi connectivity index (χ0n) is 18.8. The van der Waals surface area contributed by atoms with Crippen molar-refractivity contribution in [2.75, 3.05) is 45.2 Å². The van der Waals surface area contributed by atoms with Gasteiger partial charge in [-0.3, -0.25) is 19.1 Å². The summed E-state index contributed by atoms with van der Waals surface area (Å²) in [5, 5.41) is 0. The number of aryl methyl sites for hydroxylation is 1. The first kappa shape index (κ1) is 21.0. The Kier molecular flexibility index (Phi) is 5.43. The molecule has 168 valence electrons. The highest BCUT2D eigenvalue weighted by Crippen LogP contribution is 2.40. The van der Waals surface area contributed by atoms with Crippen LogP contribution in [-0.4, -0.2) is 70.2 Å². The molecule has 0 aromatic carbocycles. The summed E-state index contributed by atoms with van der Waals surface area (Å²) in [6, 6.07) is 8.97.